The second-order valence-corrected chi connectivity index (χ2v) is 2.50. The Morgan fingerprint density at radius 3 is 3.40 bits per heavy atom. The molecule has 5 nitrogen and oxygen atoms in total. The van der Waals surface area contributed by atoms with E-state index in [1.165, 1.54) is 0 Å². The minimum atomic E-state index is 0.216. The molecule has 2 aliphatic rings. The molecule has 1 unspecified atom stereocenters. The van der Waals surface area contributed by atoms with Gasteiger partial charge in [0.05, 0.1) is 0 Å². The third-order valence-electron chi connectivity index (χ3n) is 1.76. The Kier molecular flexibility index (Phi) is 1.25. The van der Waals surface area contributed by atoms with E-state index in [4.69, 9.17) is 5.73 Å². The molecule has 0 aromatic rings. The zero-order chi connectivity index (χ0) is 6.97. The van der Waals surface area contributed by atoms with Crippen LogP contribution >= 0.6 is 0 Å². The summed E-state index contributed by atoms with van der Waals surface area (Å²) in [5, 5.41) is 5.28. The molecule has 0 aromatic carbocycles. The molecule has 1 atom stereocenters. The van der Waals surface area contributed by atoms with E-state index in [-0.39, 0.29) is 6.17 Å². The molecule has 0 aliphatic carbocycles. The van der Waals surface area contributed by atoms with Crippen molar-refractivity contribution in [2.75, 3.05) is 19.6 Å². The molecule has 0 bridgehead atoms. The van der Waals surface area contributed by atoms with Crippen molar-refractivity contribution in [2.24, 2.45) is 10.7 Å². The van der Waals surface area contributed by atoms with Crippen molar-refractivity contribution in [3.63, 3.8) is 0 Å². The highest BCUT2D eigenvalue weighted by Crippen LogP contribution is 2.05. The summed E-state index contributed by atoms with van der Waals surface area (Å²) in [5.41, 5.74) is 8.44. The number of nitrogens with zero attached hydrogens (tertiary/aromatic N) is 2. The number of guanidine groups is 1. The number of piperazine rings is 1. The van der Waals surface area contributed by atoms with Crippen LogP contribution in [-0.2, 0) is 0 Å². The number of hydrogen-bond acceptors (Lipinski definition) is 5. The van der Waals surface area contributed by atoms with Gasteiger partial charge in [-0.3, -0.25) is 5.43 Å². The van der Waals surface area contributed by atoms with Gasteiger partial charge < -0.3 is 11.1 Å². The minimum Gasteiger partial charge on any atom is -0.369 e. The van der Waals surface area contributed by atoms with Crippen LogP contribution in [0.1, 0.15) is 0 Å². The maximum absolute atomic E-state index is 5.46. The SMILES string of the molecule is NC1=NC2CNCCN2N1. The van der Waals surface area contributed by atoms with E-state index >= 15 is 0 Å². The van der Waals surface area contributed by atoms with Gasteiger partial charge in [-0.15, -0.1) is 0 Å². The lowest BCUT2D eigenvalue weighted by Crippen LogP contribution is -2.53. The first-order chi connectivity index (χ1) is 4.86. The van der Waals surface area contributed by atoms with Gasteiger partial charge in [0.25, 0.3) is 0 Å². The summed E-state index contributed by atoms with van der Waals surface area (Å²) in [6.45, 7) is 2.87. The second kappa shape index (κ2) is 2.10. The Hall–Kier alpha value is -0.810. The van der Waals surface area contributed by atoms with Gasteiger partial charge >= 0.3 is 0 Å². The normalized spacial score (nSPS) is 32.8. The van der Waals surface area contributed by atoms with Gasteiger partial charge in [-0.1, -0.05) is 0 Å². The average Bonchev–Trinajstić information content (AvgIpc) is 2.27. The minimum absolute atomic E-state index is 0.216. The van der Waals surface area contributed by atoms with Crippen LogP contribution in [-0.4, -0.2) is 36.8 Å². The molecule has 0 radical (unpaired) electrons. The van der Waals surface area contributed by atoms with Crippen molar-refractivity contribution in [2.45, 2.75) is 6.17 Å². The number of fused-ring (bicyclic) bond motifs is 1. The Morgan fingerprint density at radius 2 is 2.60 bits per heavy atom. The van der Waals surface area contributed by atoms with Crippen LogP contribution in [0.2, 0.25) is 0 Å². The molecule has 5 heteroatoms. The Balaban J connectivity index is 2.06. The van der Waals surface area contributed by atoms with Crippen molar-refractivity contribution in [3.8, 4) is 0 Å². The highest BCUT2D eigenvalue weighted by Gasteiger charge is 2.26. The lowest BCUT2D eigenvalue weighted by molar-refractivity contribution is 0.156. The van der Waals surface area contributed by atoms with E-state index < -0.39 is 0 Å². The smallest absolute Gasteiger partial charge is 0.205 e. The van der Waals surface area contributed by atoms with Gasteiger partial charge in [-0.05, 0) is 0 Å². The Labute approximate surface area is 59.3 Å². The summed E-state index contributed by atoms with van der Waals surface area (Å²) in [6.07, 6.45) is 0.216. The van der Waals surface area contributed by atoms with Gasteiger partial charge in [0, 0.05) is 19.6 Å². The predicted molar refractivity (Wildman–Crippen MR) is 38.1 cm³/mol. The van der Waals surface area contributed by atoms with Crippen LogP contribution < -0.4 is 16.5 Å². The highest BCUT2D eigenvalue weighted by molar-refractivity contribution is 5.78. The monoisotopic (exact) mass is 141 g/mol. The van der Waals surface area contributed by atoms with Crippen LogP contribution in [0.4, 0.5) is 0 Å². The van der Waals surface area contributed by atoms with Gasteiger partial charge in [0.2, 0.25) is 5.96 Å². The summed E-state index contributed by atoms with van der Waals surface area (Å²) in [5.74, 6) is 0.536. The van der Waals surface area contributed by atoms with E-state index in [1.807, 2.05) is 5.01 Å². The number of nitrogens with two attached hydrogens (primary N) is 1. The molecule has 0 amide bonds. The summed E-state index contributed by atoms with van der Waals surface area (Å²) in [4.78, 5) is 4.16. The second-order valence-electron chi connectivity index (χ2n) is 2.50. The van der Waals surface area contributed by atoms with Crippen LogP contribution in [0.3, 0.4) is 0 Å². The van der Waals surface area contributed by atoms with E-state index in [9.17, 15) is 0 Å². The fourth-order valence-electron chi connectivity index (χ4n) is 1.27. The maximum Gasteiger partial charge on any atom is 0.205 e. The zero-order valence-corrected chi connectivity index (χ0v) is 5.67. The number of hydrazine groups is 1. The molecule has 10 heavy (non-hydrogen) atoms. The van der Waals surface area contributed by atoms with Crippen molar-refractivity contribution < 1.29 is 0 Å². The fourth-order valence-corrected chi connectivity index (χ4v) is 1.27. The summed E-state index contributed by atoms with van der Waals surface area (Å²) in [6, 6.07) is 0. The Bertz CT molecular complexity index is 165. The van der Waals surface area contributed by atoms with Gasteiger partial charge in [-0.2, -0.15) is 5.01 Å². The number of hydrogen-bond donors (Lipinski definition) is 3. The average molecular weight is 141 g/mol. The molecule has 1 saturated heterocycles. The van der Waals surface area contributed by atoms with Crippen molar-refractivity contribution in [1.29, 1.82) is 0 Å². The van der Waals surface area contributed by atoms with Crippen molar-refractivity contribution in [1.82, 2.24) is 15.8 Å². The van der Waals surface area contributed by atoms with Gasteiger partial charge in [0.1, 0.15) is 6.17 Å². The molecule has 2 heterocycles. The predicted octanol–water partition coefficient (Wildman–Crippen LogP) is -1.95. The van der Waals surface area contributed by atoms with E-state index in [1.54, 1.807) is 0 Å². The molecular formula is C5H11N5. The quantitative estimate of drug-likeness (QED) is 0.367. The topological polar surface area (TPSA) is 65.7 Å². The standard InChI is InChI=1S/C5H11N5/c6-5-8-4-3-7-1-2-10(4)9-5/h4,7H,1-3H2,(H3,6,8,9). The molecular weight excluding hydrogens is 130 g/mol. The van der Waals surface area contributed by atoms with Gasteiger partial charge in [0.15, 0.2) is 0 Å². The van der Waals surface area contributed by atoms with Crippen molar-refractivity contribution in [3.05, 3.63) is 0 Å². The summed E-state index contributed by atoms with van der Waals surface area (Å²) >= 11 is 0. The maximum atomic E-state index is 5.46. The Morgan fingerprint density at radius 1 is 1.70 bits per heavy atom. The lowest BCUT2D eigenvalue weighted by Gasteiger charge is -2.27. The van der Waals surface area contributed by atoms with Crippen LogP contribution in [0.25, 0.3) is 0 Å². The highest BCUT2D eigenvalue weighted by atomic mass is 15.6. The van der Waals surface area contributed by atoms with E-state index in [0.717, 1.165) is 19.6 Å². The van der Waals surface area contributed by atoms with E-state index in [2.05, 4.69) is 15.7 Å². The van der Waals surface area contributed by atoms with E-state index in [0.29, 0.717) is 5.96 Å². The molecule has 0 saturated carbocycles. The fraction of sp³-hybridized carbons (Fsp3) is 0.800. The summed E-state index contributed by atoms with van der Waals surface area (Å²) in [7, 11) is 0. The third-order valence-corrected chi connectivity index (χ3v) is 1.76. The number of nitrogens with one attached hydrogen (secondary N) is 2. The van der Waals surface area contributed by atoms with Crippen LogP contribution in [0.15, 0.2) is 4.99 Å². The first kappa shape index (κ1) is 5.94. The van der Waals surface area contributed by atoms with Crippen molar-refractivity contribution >= 4 is 5.96 Å². The molecule has 4 N–H and O–H groups in total. The lowest BCUT2D eigenvalue weighted by atomic mass is 10.4. The molecule has 56 valence electrons. The third kappa shape index (κ3) is 0.833. The van der Waals surface area contributed by atoms with Crippen LogP contribution in [0, 0.1) is 0 Å². The summed E-state index contributed by atoms with van der Waals surface area (Å²) < 4.78 is 0. The molecule has 2 rings (SSSR count). The molecule has 1 fully saturated rings. The zero-order valence-electron chi connectivity index (χ0n) is 5.67. The largest absolute Gasteiger partial charge is 0.369 e. The van der Waals surface area contributed by atoms with Crippen LogP contribution in [0.5, 0.6) is 0 Å². The number of rotatable bonds is 0. The first-order valence-electron chi connectivity index (χ1n) is 3.43. The van der Waals surface area contributed by atoms with Gasteiger partial charge in [-0.25, -0.2) is 4.99 Å². The molecule has 2 aliphatic heterocycles. The first-order valence-corrected chi connectivity index (χ1v) is 3.43. The molecule has 0 aromatic heterocycles. The number of aliphatic imine (C=N–C) groups is 1. The molecule has 0 spiro atoms.